The van der Waals surface area contributed by atoms with Crippen molar-refractivity contribution in [1.82, 2.24) is 4.98 Å². The predicted molar refractivity (Wildman–Crippen MR) is 103 cm³/mol. The predicted octanol–water partition coefficient (Wildman–Crippen LogP) is 3.81. The van der Waals surface area contributed by atoms with Gasteiger partial charge in [-0.05, 0) is 18.6 Å². The van der Waals surface area contributed by atoms with Gasteiger partial charge in [0.15, 0.2) is 17.3 Å². The van der Waals surface area contributed by atoms with Crippen LogP contribution in [0.3, 0.4) is 0 Å². The number of carbonyl (C=O) groups excluding carboxylic acids is 1. The number of aromatic nitrogens is 1. The minimum Gasteiger partial charge on any atom is -0.461 e. The van der Waals surface area contributed by atoms with Crippen molar-refractivity contribution in [2.45, 2.75) is 38.4 Å². The van der Waals surface area contributed by atoms with Crippen LogP contribution in [-0.4, -0.2) is 49.7 Å². The maximum absolute atomic E-state index is 14.5. The zero-order valence-corrected chi connectivity index (χ0v) is 16.4. The summed E-state index contributed by atoms with van der Waals surface area (Å²) in [4.78, 5) is 18.6. The smallest absolute Gasteiger partial charge is 0.357 e. The molecule has 156 valence electrons. The maximum atomic E-state index is 14.5. The van der Waals surface area contributed by atoms with Crippen molar-refractivity contribution >= 4 is 22.6 Å². The molecule has 2 saturated heterocycles. The lowest BCUT2D eigenvalue weighted by atomic mass is 10.0. The van der Waals surface area contributed by atoms with E-state index in [-0.39, 0.29) is 17.8 Å². The molecule has 0 atom stereocenters. The van der Waals surface area contributed by atoms with Crippen LogP contribution in [0.25, 0.3) is 10.9 Å². The van der Waals surface area contributed by atoms with Crippen LogP contribution in [0.2, 0.25) is 0 Å². The van der Waals surface area contributed by atoms with E-state index in [4.69, 9.17) is 14.2 Å². The summed E-state index contributed by atoms with van der Waals surface area (Å²) in [5.41, 5.74) is 0.534. The van der Waals surface area contributed by atoms with Gasteiger partial charge in [-0.1, -0.05) is 13.3 Å². The fourth-order valence-corrected chi connectivity index (χ4v) is 3.86. The number of fused-ring (bicyclic) bond motifs is 1. The van der Waals surface area contributed by atoms with Crippen LogP contribution in [0, 0.1) is 11.6 Å². The Morgan fingerprint density at radius 2 is 1.93 bits per heavy atom. The second-order valence-electron chi connectivity index (χ2n) is 7.39. The van der Waals surface area contributed by atoms with Gasteiger partial charge < -0.3 is 19.1 Å². The fraction of sp³-hybridized carbons (Fsp3) is 0.524. The maximum Gasteiger partial charge on any atom is 0.357 e. The molecule has 1 aromatic carbocycles. The molecule has 8 heteroatoms. The molecule has 2 fully saturated rings. The molecule has 2 aliphatic rings. The summed E-state index contributed by atoms with van der Waals surface area (Å²) >= 11 is 0. The van der Waals surface area contributed by atoms with Crippen molar-refractivity contribution in [2.24, 2.45) is 0 Å². The Morgan fingerprint density at radius 1 is 1.21 bits per heavy atom. The first-order valence-electron chi connectivity index (χ1n) is 10.0. The van der Waals surface area contributed by atoms with Crippen molar-refractivity contribution in [1.29, 1.82) is 0 Å². The van der Waals surface area contributed by atoms with Gasteiger partial charge in [0.2, 0.25) is 0 Å². The Labute approximate surface area is 167 Å². The largest absolute Gasteiger partial charge is 0.461 e. The van der Waals surface area contributed by atoms with Crippen LogP contribution in [-0.2, 0) is 14.2 Å². The lowest BCUT2D eigenvalue weighted by Gasteiger charge is -2.39. The molecule has 1 spiro atoms. The number of unbranched alkanes of at least 4 members (excludes halogenated alkanes) is 1. The van der Waals surface area contributed by atoms with Gasteiger partial charge >= 0.3 is 5.97 Å². The van der Waals surface area contributed by atoms with Gasteiger partial charge in [-0.25, -0.2) is 18.6 Å². The first-order valence-corrected chi connectivity index (χ1v) is 10.0. The molecule has 29 heavy (non-hydrogen) atoms. The van der Waals surface area contributed by atoms with Crippen LogP contribution in [0.4, 0.5) is 14.5 Å². The van der Waals surface area contributed by atoms with E-state index in [9.17, 15) is 13.6 Å². The van der Waals surface area contributed by atoms with Crippen molar-refractivity contribution in [2.75, 3.05) is 37.8 Å². The van der Waals surface area contributed by atoms with E-state index in [0.29, 0.717) is 50.2 Å². The molecule has 0 N–H and O–H groups in total. The van der Waals surface area contributed by atoms with Crippen LogP contribution in [0.5, 0.6) is 0 Å². The third kappa shape index (κ3) is 4.04. The number of pyridine rings is 1. The number of esters is 1. The third-order valence-electron chi connectivity index (χ3n) is 5.43. The zero-order valence-electron chi connectivity index (χ0n) is 16.4. The average molecular weight is 406 g/mol. The van der Waals surface area contributed by atoms with E-state index in [2.05, 4.69) is 4.98 Å². The number of anilines is 1. The molecule has 4 rings (SSSR count). The molecule has 0 amide bonds. The third-order valence-corrected chi connectivity index (χ3v) is 5.43. The number of benzene rings is 1. The van der Waals surface area contributed by atoms with Crippen molar-refractivity contribution in [3.05, 3.63) is 35.5 Å². The summed E-state index contributed by atoms with van der Waals surface area (Å²) in [6.45, 7) is 4.55. The molecule has 0 unspecified atom stereocenters. The Morgan fingerprint density at radius 3 is 2.62 bits per heavy atom. The number of nitrogens with zero attached hydrogens (tertiary/aromatic N) is 2. The highest BCUT2D eigenvalue weighted by molar-refractivity contribution is 5.98. The van der Waals surface area contributed by atoms with E-state index in [0.717, 1.165) is 18.9 Å². The van der Waals surface area contributed by atoms with Gasteiger partial charge in [0.05, 0.1) is 19.8 Å². The minimum absolute atomic E-state index is 0.0164. The summed E-state index contributed by atoms with van der Waals surface area (Å²) in [6.07, 6.45) is 2.88. The lowest BCUT2D eigenvalue weighted by molar-refractivity contribution is -0.169. The SMILES string of the molecule is CCCCOC(=O)c1cc(N2CCC3(CC2)OCCO3)c2cc(F)cc(F)c2n1. The Balaban J connectivity index is 1.68. The highest BCUT2D eigenvalue weighted by Gasteiger charge is 2.40. The second kappa shape index (κ2) is 8.20. The number of piperidine rings is 1. The highest BCUT2D eigenvalue weighted by atomic mass is 19.1. The number of hydrogen-bond acceptors (Lipinski definition) is 6. The molecule has 0 radical (unpaired) electrons. The van der Waals surface area contributed by atoms with Crippen LogP contribution in [0.15, 0.2) is 18.2 Å². The number of rotatable bonds is 5. The summed E-state index contributed by atoms with van der Waals surface area (Å²) < 4.78 is 45.2. The molecule has 2 aromatic rings. The molecule has 1 aromatic heterocycles. The molecular weight excluding hydrogens is 382 g/mol. The van der Waals surface area contributed by atoms with E-state index < -0.39 is 23.4 Å². The highest BCUT2D eigenvalue weighted by Crippen LogP contribution is 2.36. The normalized spacial score (nSPS) is 18.5. The monoisotopic (exact) mass is 406 g/mol. The summed E-state index contributed by atoms with van der Waals surface area (Å²) in [5.74, 6) is -2.67. The Bertz CT molecular complexity index is 905. The summed E-state index contributed by atoms with van der Waals surface area (Å²) in [7, 11) is 0. The summed E-state index contributed by atoms with van der Waals surface area (Å²) in [6, 6.07) is 3.58. The first kappa shape index (κ1) is 20.0. The molecule has 2 aliphatic heterocycles. The van der Waals surface area contributed by atoms with Crippen LogP contribution < -0.4 is 4.90 Å². The second-order valence-corrected chi connectivity index (χ2v) is 7.39. The Hall–Kier alpha value is -2.32. The van der Waals surface area contributed by atoms with Crippen molar-refractivity contribution in [3.8, 4) is 0 Å². The van der Waals surface area contributed by atoms with Gasteiger partial charge in [0.1, 0.15) is 11.3 Å². The number of carbonyl (C=O) groups is 1. The summed E-state index contributed by atoms with van der Waals surface area (Å²) in [5, 5.41) is 0.330. The molecule has 0 aliphatic carbocycles. The van der Waals surface area contributed by atoms with Crippen LogP contribution >= 0.6 is 0 Å². The van der Waals surface area contributed by atoms with Gasteiger partial charge in [0, 0.05) is 43.1 Å². The van der Waals surface area contributed by atoms with Gasteiger partial charge in [0.25, 0.3) is 0 Å². The van der Waals surface area contributed by atoms with E-state index >= 15 is 0 Å². The molecular formula is C21H24F2N2O4. The van der Waals surface area contributed by atoms with Gasteiger partial charge in [-0.15, -0.1) is 0 Å². The zero-order chi connectivity index (χ0) is 20.4. The number of hydrogen-bond donors (Lipinski definition) is 0. The average Bonchev–Trinajstić information content (AvgIpc) is 3.16. The molecule has 3 heterocycles. The Kier molecular flexibility index (Phi) is 5.65. The first-order chi connectivity index (χ1) is 14.0. The topological polar surface area (TPSA) is 60.9 Å². The van der Waals surface area contributed by atoms with E-state index in [1.165, 1.54) is 6.07 Å². The standard InChI is InChI=1S/C21H24F2N2O4/c1-2-3-8-27-20(26)17-13-18(15-11-14(22)12-16(23)19(15)24-17)25-6-4-21(5-7-25)28-9-10-29-21/h11-13H,2-10H2,1H3. The number of halogens is 2. The van der Waals surface area contributed by atoms with Gasteiger partial charge in [-0.3, -0.25) is 0 Å². The minimum atomic E-state index is -0.805. The van der Waals surface area contributed by atoms with Gasteiger partial charge in [-0.2, -0.15) is 0 Å². The molecule has 0 bridgehead atoms. The van der Waals surface area contributed by atoms with E-state index in [1.54, 1.807) is 6.07 Å². The van der Waals surface area contributed by atoms with E-state index in [1.807, 2.05) is 11.8 Å². The number of ether oxygens (including phenoxy) is 3. The molecule has 6 nitrogen and oxygen atoms in total. The van der Waals surface area contributed by atoms with Crippen LogP contribution in [0.1, 0.15) is 43.1 Å². The molecule has 0 saturated carbocycles. The lowest BCUT2D eigenvalue weighted by Crippen LogP contribution is -2.45. The quantitative estimate of drug-likeness (QED) is 0.556. The van der Waals surface area contributed by atoms with Crippen molar-refractivity contribution < 1.29 is 27.8 Å². The van der Waals surface area contributed by atoms with Crippen molar-refractivity contribution in [3.63, 3.8) is 0 Å². The fourth-order valence-electron chi connectivity index (χ4n) is 3.86.